The van der Waals surface area contributed by atoms with Crippen molar-refractivity contribution in [2.24, 2.45) is 0 Å². The largest absolute Gasteiger partial charge is 0.392 e. The van der Waals surface area contributed by atoms with Crippen molar-refractivity contribution in [3.63, 3.8) is 0 Å². The average molecular weight is 863 g/mol. The Kier molecular flexibility index (Phi) is 30.5. The van der Waals surface area contributed by atoms with Crippen LogP contribution in [0, 0.1) is 0 Å². The molecule has 1 aliphatic rings. The Labute approximate surface area is 387 Å². The molecule has 0 heterocycles. The third kappa shape index (κ3) is 25.9. The van der Waals surface area contributed by atoms with Crippen LogP contribution >= 0.6 is 0 Å². The van der Waals surface area contributed by atoms with Crippen LogP contribution in [-0.4, -0.2) is 35.0 Å². The lowest BCUT2D eigenvalue weighted by atomic mass is 9.83. The Morgan fingerprint density at radius 1 is 0.349 bits per heavy atom. The third-order valence-electron chi connectivity index (χ3n) is 12.6. The van der Waals surface area contributed by atoms with E-state index in [-0.39, 0.29) is 22.7 Å². The van der Waals surface area contributed by atoms with Gasteiger partial charge in [-0.25, -0.2) is 0 Å². The van der Waals surface area contributed by atoms with Gasteiger partial charge in [0.15, 0.2) is 11.6 Å². The molecule has 0 unspecified atom stereocenters. The first-order valence-corrected chi connectivity index (χ1v) is 24.3. The van der Waals surface area contributed by atoms with Crippen LogP contribution in [0.1, 0.15) is 205 Å². The summed E-state index contributed by atoms with van der Waals surface area (Å²) >= 11 is 0. The van der Waals surface area contributed by atoms with E-state index in [1.54, 1.807) is 6.92 Å². The molecular weight excluding hydrogens is 773 g/mol. The van der Waals surface area contributed by atoms with Crippen molar-refractivity contribution in [1.29, 1.82) is 0 Å². The lowest BCUT2D eigenvalue weighted by Gasteiger charge is -2.20. The van der Waals surface area contributed by atoms with Gasteiger partial charge in [-0.05, 0) is 205 Å². The lowest BCUT2D eigenvalue weighted by Crippen LogP contribution is -2.26. The number of Topliss-reactive ketones (excluding diaryl/α,β-unsaturated/α-hetero) is 2. The summed E-state index contributed by atoms with van der Waals surface area (Å²) in [6, 6.07) is 0. The van der Waals surface area contributed by atoms with E-state index in [9.17, 15) is 19.8 Å². The molecule has 0 bridgehead atoms. The zero-order chi connectivity index (χ0) is 47.2. The molecule has 4 nitrogen and oxygen atoms in total. The number of carbonyl (C=O) groups excluding carboxylic acids is 2. The van der Waals surface area contributed by atoms with Crippen LogP contribution in [-0.2, 0) is 9.59 Å². The normalized spacial score (nSPS) is 16.4. The molecule has 0 amide bonds. The molecule has 0 saturated carbocycles. The number of aliphatic hydroxyl groups is 2. The van der Waals surface area contributed by atoms with Gasteiger partial charge in [0.1, 0.15) is 0 Å². The summed E-state index contributed by atoms with van der Waals surface area (Å²) < 4.78 is 0. The van der Waals surface area contributed by atoms with Crippen molar-refractivity contribution in [3.8, 4) is 0 Å². The lowest BCUT2D eigenvalue weighted by molar-refractivity contribution is -0.117. The van der Waals surface area contributed by atoms with Gasteiger partial charge in [-0.1, -0.05) is 116 Å². The van der Waals surface area contributed by atoms with Crippen LogP contribution in [0.4, 0.5) is 0 Å². The Bertz CT molecular complexity index is 1850. The molecule has 0 aliphatic heterocycles. The summed E-state index contributed by atoms with van der Waals surface area (Å²) in [6.45, 7) is 25.1. The second-order valence-corrected chi connectivity index (χ2v) is 18.6. The average Bonchev–Trinajstić information content (AvgIpc) is 3.23. The predicted octanol–water partition coefficient (Wildman–Crippen LogP) is 16.6. The highest BCUT2D eigenvalue weighted by molar-refractivity contribution is 6.25. The second kappa shape index (κ2) is 33.6. The van der Waals surface area contributed by atoms with Crippen molar-refractivity contribution in [2.75, 3.05) is 13.2 Å². The maximum Gasteiger partial charge on any atom is 0.188 e. The fourth-order valence-corrected chi connectivity index (χ4v) is 7.67. The minimum Gasteiger partial charge on any atom is -0.392 e. The summed E-state index contributed by atoms with van der Waals surface area (Å²) in [5.41, 5.74) is 15.3. The molecule has 0 spiro atoms. The van der Waals surface area contributed by atoms with Crippen LogP contribution < -0.4 is 0 Å². The number of aliphatic hydroxyl groups excluding tert-OH is 2. The smallest absolute Gasteiger partial charge is 0.188 e. The van der Waals surface area contributed by atoms with E-state index in [1.807, 2.05) is 6.08 Å². The monoisotopic (exact) mass is 863 g/mol. The third-order valence-corrected chi connectivity index (χ3v) is 12.6. The first-order valence-electron chi connectivity index (χ1n) is 24.3. The summed E-state index contributed by atoms with van der Waals surface area (Å²) in [6.07, 6.45) is 43.8. The van der Waals surface area contributed by atoms with E-state index in [2.05, 4.69) is 131 Å². The Balaban J connectivity index is 2.31. The summed E-state index contributed by atoms with van der Waals surface area (Å²) in [7, 11) is 0. The van der Waals surface area contributed by atoms with Gasteiger partial charge >= 0.3 is 0 Å². The minimum absolute atomic E-state index is 0.0156. The quantitative estimate of drug-likeness (QED) is 0.0538. The SMILES string of the molecule is C/C=C(\C)CC/C=C(\C)CC/C=C(\C)CC/C=C(\C)CC/C(C)=C\CC/C(C)=C/CC/C(C)=C/CC/C(C)=C/CC/C(C)=C/CC/C(C)=C/CC1=C(C)C(=O)C(CO)=C(CO)C1=O. The van der Waals surface area contributed by atoms with Gasteiger partial charge in [0.05, 0.1) is 13.2 Å². The number of ketones is 2. The molecule has 0 aromatic carbocycles. The van der Waals surface area contributed by atoms with Gasteiger partial charge in [-0.2, -0.15) is 0 Å². The predicted molar refractivity (Wildman–Crippen MR) is 275 cm³/mol. The number of rotatable bonds is 31. The zero-order valence-corrected chi connectivity index (χ0v) is 42.3. The van der Waals surface area contributed by atoms with E-state index in [0.717, 1.165) is 108 Å². The highest BCUT2D eigenvalue weighted by atomic mass is 16.3. The standard InChI is InChI=1S/C59H90O4/c1-13-44(2)22-14-23-45(3)24-15-29-48(6)32-19-35-51(9)38-39-52(10)36-20-33-49(7)30-17-27-46(4)25-16-26-47(5)28-18-31-50(8)34-21-37-53(11)40-41-55-54(12)58(62)56(42-60)57(43-61)59(55)63/h13,23,25,28-30,34-36,40,60-61H,14-22,24,26-27,31-33,37-39,41-43H2,1-12H3/b44-13+,45-23+,46-25+,47-28+,48-29+,49-30+,50-34+,51-35+,52-36-,53-40+. The summed E-state index contributed by atoms with van der Waals surface area (Å²) in [5, 5.41) is 19.1. The molecule has 350 valence electrons. The molecule has 1 rings (SSSR count). The molecule has 0 radical (unpaired) electrons. The molecule has 4 heteroatoms. The molecule has 0 fully saturated rings. The Morgan fingerprint density at radius 2 is 0.587 bits per heavy atom. The van der Waals surface area contributed by atoms with Crippen molar-refractivity contribution in [1.82, 2.24) is 0 Å². The zero-order valence-electron chi connectivity index (χ0n) is 42.3. The maximum absolute atomic E-state index is 12.8. The minimum atomic E-state index is -0.540. The molecule has 63 heavy (non-hydrogen) atoms. The van der Waals surface area contributed by atoms with Gasteiger partial charge < -0.3 is 10.2 Å². The van der Waals surface area contributed by atoms with Gasteiger partial charge in [0.2, 0.25) is 0 Å². The van der Waals surface area contributed by atoms with Crippen LogP contribution in [0.2, 0.25) is 0 Å². The van der Waals surface area contributed by atoms with E-state index >= 15 is 0 Å². The van der Waals surface area contributed by atoms with Gasteiger partial charge in [-0.15, -0.1) is 0 Å². The molecule has 0 aromatic rings. The highest BCUT2D eigenvalue weighted by Gasteiger charge is 2.30. The van der Waals surface area contributed by atoms with Gasteiger partial charge in [0, 0.05) is 22.3 Å². The van der Waals surface area contributed by atoms with Crippen LogP contribution in [0.5, 0.6) is 0 Å². The first kappa shape index (κ1) is 57.2. The van der Waals surface area contributed by atoms with Crippen LogP contribution in [0.3, 0.4) is 0 Å². The highest BCUT2D eigenvalue weighted by Crippen LogP contribution is 2.28. The number of hydrogen-bond donors (Lipinski definition) is 2. The van der Waals surface area contributed by atoms with E-state index in [1.165, 1.54) is 63.0 Å². The number of carbonyl (C=O) groups is 2. The maximum atomic E-state index is 12.8. The molecule has 2 N–H and O–H groups in total. The van der Waals surface area contributed by atoms with Crippen LogP contribution in [0.25, 0.3) is 0 Å². The topological polar surface area (TPSA) is 74.6 Å². The first-order chi connectivity index (χ1) is 30.0. The Hall–Kier alpha value is -3.86. The molecule has 0 atom stereocenters. The number of allylic oxidation sites excluding steroid dienone is 22. The van der Waals surface area contributed by atoms with E-state index in [4.69, 9.17) is 0 Å². The molecular formula is C59H90O4. The fourth-order valence-electron chi connectivity index (χ4n) is 7.67. The van der Waals surface area contributed by atoms with Gasteiger partial charge in [0.25, 0.3) is 0 Å². The molecule has 0 saturated heterocycles. The summed E-state index contributed by atoms with van der Waals surface area (Å²) in [4.78, 5) is 25.4. The van der Waals surface area contributed by atoms with E-state index in [0.29, 0.717) is 17.6 Å². The summed E-state index contributed by atoms with van der Waals surface area (Å²) in [5.74, 6) is -0.678. The molecule has 1 aliphatic carbocycles. The van der Waals surface area contributed by atoms with Gasteiger partial charge in [-0.3, -0.25) is 9.59 Å². The van der Waals surface area contributed by atoms with E-state index < -0.39 is 13.2 Å². The van der Waals surface area contributed by atoms with Crippen molar-refractivity contribution >= 4 is 11.6 Å². The van der Waals surface area contributed by atoms with Crippen LogP contribution in [0.15, 0.2) is 139 Å². The fraction of sp³-hybridized carbons (Fsp3) is 0.559. The Morgan fingerprint density at radius 3 is 0.857 bits per heavy atom. The molecule has 0 aromatic heterocycles. The number of hydrogen-bond acceptors (Lipinski definition) is 4. The second-order valence-electron chi connectivity index (χ2n) is 18.6. The van der Waals surface area contributed by atoms with Crippen molar-refractivity contribution in [3.05, 3.63) is 139 Å². The van der Waals surface area contributed by atoms with Crippen molar-refractivity contribution < 1.29 is 19.8 Å². The van der Waals surface area contributed by atoms with Crippen molar-refractivity contribution in [2.45, 2.75) is 205 Å².